The molecule has 0 saturated heterocycles. The number of allylic oxidation sites excluding steroid dienone is 4. The van der Waals surface area contributed by atoms with Crippen LogP contribution in [-0.2, 0) is 4.79 Å². The number of carbonyl (C=O) groups is 1. The van der Waals surface area contributed by atoms with Crippen LogP contribution in [0.2, 0.25) is 0 Å². The smallest absolute Gasteiger partial charge is 0.303 e. The quantitative estimate of drug-likeness (QED) is 0.230. The van der Waals surface area contributed by atoms with Crippen LogP contribution in [0.15, 0.2) is 24.3 Å². The van der Waals surface area contributed by atoms with Gasteiger partial charge >= 0.3 is 5.97 Å². The Labute approximate surface area is 144 Å². The number of carboxylic acids is 1. The Kier molecular flexibility index (Phi) is 18.1. The maximum atomic E-state index is 10.3. The molecular formula is C21H38O2. The van der Waals surface area contributed by atoms with Crippen LogP contribution in [-0.4, -0.2) is 11.1 Å². The van der Waals surface area contributed by atoms with Crippen LogP contribution >= 0.6 is 0 Å². The van der Waals surface area contributed by atoms with E-state index < -0.39 is 5.97 Å². The molecule has 2 heteroatoms. The Bertz CT molecular complexity index is 305. The number of aliphatic carboxylic acids is 1. The SMILES string of the molecule is CCCCCCCCCCCC=CCCC=CCCCC(=O)O. The molecule has 0 unspecified atom stereocenters. The predicted molar refractivity (Wildman–Crippen MR) is 101 cm³/mol. The lowest BCUT2D eigenvalue weighted by molar-refractivity contribution is -0.137. The van der Waals surface area contributed by atoms with E-state index in [1.165, 1.54) is 64.2 Å². The van der Waals surface area contributed by atoms with Crippen molar-refractivity contribution in [2.75, 3.05) is 0 Å². The molecule has 0 saturated carbocycles. The first-order valence-electron chi connectivity index (χ1n) is 9.79. The molecule has 0 aliphatic carbocycles. The third kappa shape index (κ3) is 21.0. The van der Waals surface area contributed by atoms with Crippen molar-refractivity contribution in [2.24, 2.45) is 0 Å². The summed E-state index contributed by atoms with van der Waals surface area (Å²) in [7, 11) is 0. The van der Waals surface area contributed by atoms with Crippen molar-refractivity contribution >= 4 is 5.97 Å². The maximum Gasteiger partial charge on any atom is 0.303 e. The topological polar surface area (TPSA) is 37.3 Å². The zero-order chi connectivity index (χ0) is 17.0. The van der Waals surface area contributed by atoms with E-state index in [1.54, 1.807) is 0 Å². The van der Waals surface area contributed by atoms with Gasteiger partial charge in [0.1, 0.15) is 0 Å². The molecule has 0 bridgehead atoms. The van der Waals surface area contributed by atoms with Gasteiger partial charge in [-0.2, -0.15) is 0 Å². The zero-order valence-electron chi connectivity index (χ0n) is 15.3. The molecule has 0 aromatic heterocycles. The molecule has 0 amide bonds. The van der Waals surface area contributed by atoms with E-state index in [0.29, 0.717) is 0 Å². The van der Waals surface area contributed by atoms with Crippen molar-refractivity contribution in [3.8, 4) is 0 Å². The van der Waals surface area contributed by atoms with Gasteiger partial charge in [0.05, 0.1) is 0 Å². The zero-order valence-corrected chi connectivity index (χ0v) is 15.3. The van der Waals surface area contributed by atoms with E-state index in [9.17, 15) is 4.79 Å². The second-order valence-corrected chi connectivity index (χ2v) is 6.42. The molecule has 0 aliphatic rings. The first kappa shape index (κ1) is 21.9. The van der Waals surface area contributed by atoms with Crippen LogP contribution in [0.25, 0.3) is 0 Å². The fourth-order valence-corrected chi connectivity index (χ4v) is 2.61. The fraction of sp³-hybridized carbons (Fsp3) is 0.762. The number of unbranched alkanes of at least 4 members (excludes halogenated alkanes) is 11. The molecule has 23 heavy (non-hydrogen) atoms. The highest BCUT2D eigenvalue weighted by Crippen LogP contribution is 2.10. The molecule has 0 aromatic rings. The third-order valence-corrected chi connectivity index (χ3v) is 4.07. The number of carboxylic acid groups (broad SMARTS) is 1. The maximum absolute atomic E-state index is 10.3. The summed E-state index contributed by atoms with van der Waals surface area (Å²) in [6.07, 6.45) is 26.7. The first-order chi connectivity index (χ1) is 11.3. The molecule has 1 N–H and O–H groups in total. The lowest BCUT2D eigenvalue weighted by atomic mass is 10.1. The van der Waals surface area contributed by atoms with Gasteiger partial charge in [0.25, 0.3) is 0 Å². The van der Waals surface area contributed by atoms with Gasteiger partial charge < -0.3 is 5.11 Å². The lowest BCUT2D eigenvalue weighted by Crippen LogP contribution is -1.92. The summed E-state index contributed by atoms with van der Waals surface area (Å²) in [6, 6.07) is 0. The van der Waals surface area contributed by atoms with Crippen LogP contribution < -0.4 is 0 Å². The summed E-state index contributed by atoms with van der Waals surface area (Å²) < 4.78 is 0. The minimum absolute atomic E-state index is 0.281. The van der Waals surface area contributed by atoms with Crippen LogP contribution in [0, 0.1) is 0 Å². The number of rotatable bonds is 17. The molecule has 0 rings (SSSR count). The van der Waals surface area contributed by atoms with Crippen LogP contribution in [0.3, 0.4) is 0 Å². The lowest BCUT2D eigenvalue weighted by Gasteiger charge is -2.00. The van der Waals surface area contributed by atoms with Crippen molar-refractivity contribution < 1.29 is 9.90 Å². The Balaban J connectivity index is 3.16. The average Bonchev–Trinajstić information content (AvgIpc) is 2.53. The molecule has 0 heterocycles. The second kappa shape index (κ2) is 19.0. The van der Waals surface area contributed by atoms with Gasteiger partial charge in [0.15, 0.2) is 0 Å². The highest BCUT2D eigenvalue weighted by Gasteiger charge is 1.93. The van der Waals surface area contributed by atoms with Gasteiger partial charge in [-0.15, -0.1) is 0 Å². The predicted octanol–water partition coefficient (Wildman–Crippen LogP) is 7.05. The fourth-order valence-electron chi connectivity index (χ4n) is 2.61. The third-order valence-electron chi connectivity index (χ3n) is 4.07. The van der Waals surface area contributed by atoms with E-state index in [2.05, 4.69) is 31.2 Å². The van der Waals surface area contributed by atoms with E-state index in [0.717, 1.165) is 25.7 Å². The molecule has 2 nitrogen and oxygen atoms in total. The second-order valence-electron chi connectivity index (χ2n) is 6.42. The van der Waals surface area contributed by atoms with Crippen molar-refractivity contribution in [2.45, 2.75) is 103 Å². The van der Waals surface area contributed by atoms with Crippen LogP contribution in [0.1, 0.15) is 103 Å². The van der Waals surface area contributed by atoms with E-state index >= 15 is 0 Å². The standard InChI is InChI=1S/C21H38O2/c1-2-3-4-5-6-7-8-9-10-11-12-13-14-15-16-17-18-19-20-21(22)23/h12-13,16-17H,2-11,14-15,18-20H2,1H3,(H,22,23). The average molecular weight is 323 g/mol. The van der Waals surface area contributed by atoms with Crippen molar-refractivity contribution in [1.29, 1.82) is 0 Å². The number of hydrogen-bond acceptors (Lipinski definition) is 1. The number of hydrogen-bond donors (Lipinski definition) is 1. The van der Waals surface area contributed by atoms with Gasteiger partial charge in [0, 0.05) is 6.42 Å². The summed E-state index contributed by atoms with van der Waals surface area (Å²) in [5.74, 6) is -0.696. The highest BCUT2D eigenvalue weighted by atomic mass is 16.4. The molecule has 0 radical (unpaired) electrons. The van der Waals surface area contributed by atoms with Gasteiger partial charge in [-0.05, 0) is 38.5 Å². The summed E-state index contributed by atoms with van der Waals surface area (Å²) in [6.45, 7) is 2.27. The molecular weight excluding hydrogens is 284 g/mol. The normalized spacial score (nSPS) is 11.7. The van der Waals surface area contributed by atoms with E-state index in [1.807, 2.05) is 0 Å². The van der Waals surface area contributed by atoms with Crippen molar-refractivity contribution in [3.63, 3.8) is 0 Å². The van der Waals surface area contributed by atoms with Gasteiger partial charge in [-0.3, -0.25) is 4.79 Å². The molecule has 134 valence electrons. The van der Waals surface area contributed by atoms with Gasteiger partial charge in [0.2, 0.25) is 0 Å². The van der Waals surface area contributed by atoms with Crippen LogP contribution in [0.5, 0.6) is 0 Å². The first-order valence-corrected chi connectivity index (χ1v) is 9.79. The summed E-state index contributed by atoms with van der Waals surface area (Å²) in [5, 5.41) is 8.52. The molecule has 0 aliphatic heterocycles. The summed E-state index contributed by atoms with van der Waals surface area (Å²) in [4.78, 5) is 10.3. The molecule has 0 aromatic carbocycles. The summed E-state index contributed by atoms with van der Waals surface area (Å²) >= 11 is 0. The van der Waals surface area contributed by atoms with Gasteiger partial charge in [-0.25, -0.2) is 0 Å². The minimum Gasteiger partial charge on any atom is -0.481 e. The molecule has 0 spiro atoms. The van der Waals surface area contributed by atoms with Crippen LogP contribution in [0.4, 0.5) is 0 Å². The van der Waals surface area contributed by atoms with Gasteiger partial charge in [-0.1, -0.05) is 82.6 Å². The Morgan fingerprint density at radius 3 is 1.61 bits per heavy atom. The highest BCUT2D eigenvalue weighted by molar-refractivity contribution is 5.66. The van der Waals surface area contributed by atoms with E-state index in [-0.39, 0.29) is 6.42 Å². The monoisotopic (exact) mass is 322 g/mol. The Morgan fingerprint density at radius 1 is 0.652 bits per heavy atom. The summed E-state index contributed by atoms with van der Waals surface area (Å²) in [5.41, 5.74) is 0. The van der Waals surface area contributed by atoms with E-state index in [4.69, 9.17) is 5.11 Å². The molecule has 0 atom stereocenters. The Morgan fingerprint density at radius 2 is 1.09 bits per heavy atom. The van der Waals surface area contributed by atoms with Crippen molar-refractivity contribution in [1.82, 2.24) is 0 Å². The van der Waals surface area contributed by atoms with Crippen molar-refractivity contribution in [3.05, 3.63) is 24.3 Å². The Hall–Kier alpha value is -1.05. The largest absolute Gasteiger partial charge is 0.481 e. The minimum atomic E-state index is -0.696. The molecule has 0 fully saturated rings.